The third-order valence-corrected chi connectivity index (χ3v) is 3.47. The van der Waals surface area contributed by atoms with E-state index in [0.29, 0.717) is 6.54 Å². The zero-order valence-corrected chi connectivity index (χ0v) is 10.5. The van der Waals surface area contributed by atoms with E-state index >= 15 is 0 Å². The maximum atomic E-state index is 13.3. The Balaban J connectivity index is 2.35. The SMILES string of the molecule is CC1(C)CCCN1C(=O)c1cc(F)c(N)c(F)c1. The molecule has 0 radical (unpaired) electrons. The van der Waals surface area contributed by atoms with Gasteiger partial charge in [-0.3, -0.25) is 4.79 Å². The Bertz CT molecular complexity index is 477. The Morgan fingerprint density at radius 3 is 2.33 bits per heavy atom. The number of likely N-dealkylation sites (tertiary alicyclic amines) is 1. The van der Waals surface area contributed by atoms with Crippen LogP contribution in [0.25, 0.3) is 0 Å². The lowest BCUT2D eigenvalue weighted by atomic mass is 10.0. The van der Waals surface area contributed by atoms with E-state index in [9.17, 15) is 13.6 Å². The molecule has 5 heteroatoms. The van der Waals surface area contributed by atoms with Gasteiger partial charge in [-0.1, -0.05) is 0 Å². The molecule has 1 saturated heterocycles. The number of nitrogens with two attached hydrogens (primary N) is 1. The van der Waals surface area contributed by atoms with E-state index in [-0.39, 0.29) is 17.0 Å². The minimum atomic E-state index is -0.893. The minimum absolute atomic E-state index is 0.00850. The molecule has 1 aliphatic heterocycles. The number of halogens is 2. The number of carbonyl (C=O) groups is 1. The summed E-state index contributed by atoms with van der Waals surface area (Å²) in [6, 6.07) is 1.99. The van der Waals surface area contributed by atoms with Gasteiger partial charge in [-0.15, -0.1) is 0 Å². The molecule has 98 valence electrons. The topological polar surface area (TPSA) is 46.3 Å². The Hall–Kier alpha value is -1.65. The fraction of sp³-hybridized carbons (Fsp3) is 0.462. The highest BCUT2D eigenvalue weighted by Gasteiger charge is 2.36. The monoisotopic (exact) mass is 254 g/mol. The second kappa shape index (κ2) is 4.23. The maximum absolute atomic E-state index is 13.3. The number of carbonyl (C=O) groups excluding carboxylic acids is 1. The molecule has 0 saturated carbocycles. The van der Waals surface area contributed by atoms with Crippen LogP contribution < -0.4 is 5.73 Å². The van der Waals surface area contributed by atoms with Crippen molar-refractivity contribution in [1.29, 1.82) is 0 Å². The van der Waals surface area contributed by atoms with Crippen LogP contribution in [0.15, 0.2) is 12.1 Å². The third-order valence-electron chi connectivity index (χ3n) is 3.47. The fourth-order valence-electron chi connectivity index (χ4n) is 2.35. The van der Waals surface area contributed by atoms with Crippen molar-refractivity contribution in [1.82, 2.24) is 4.90 Å². The summed E-state index contributed by atoms with van der Waals surface area (Å²) in [5, 5.41) is 0. The summed E-state index contributed by atoms with van der Waals surface area (Å²) >= 11 is 0. The number of hydrogen-bond donors (Lipinski definition) is 1. The van der Waals surface area contributed by atoms with Crippen molar-refractivity contribution in [2.75, 3.05) is 12.3 Å². The van der Waals surface area contributed by atoms with Gasteiger partial charge >= 0.3 is 0 Å². The van der Waals surface area contributed by atoms with Gasteiger partial charge in [0.2, 0.25) is 0 Å². The predicted octanol–water partition coefficient (Wildman–Crippen LogP) is 2.56. The van der Waals surface area contributed by atoms with Gasteiger partial charge < -0.3 is 10.6 Å². The number of benzene rings is 1. The van der Waals surface area contributed by atoms with E-state index in [2.05, 4.69) is 0 Å². The second-order valence-corrected chi connectivity index (χ2v) is 5.23. The van der Waals surface area contributed by atoms with Crippen molar-refractivity contribution in [3.8, 4) is 0 Å². The summed E-state index contributed by atoms with van der Waals surface area (Å²) in [6.45, 7) is 4.50. The van der Waals surface area contributed by atoms with Crippen molar-refractivity contribution in [3.05, 3.63) is 29.3 Å². The van der Waals surface area contributed by atoms with E-state index in [1.807, 2.05) is 13.8 Å². The quantitative estimate of drug-likeness (QED) is 0.783. The van der Waals surface area contributed by atoms with Gasteiger partial charge in [0, 0.05) is 17.6 Å². The summed E-state index contributed by atoms with van der Waals surface area (Å²) < 4.78 is 26.7. The van der Waals surface area contributed by atoms with Crippen LogP contribution in [-0.4, -0.2) is 22.9 Å². The van der Waals surface area contributed by atoms with Gasteiger partial charge in [0.15, 0.2) is 0 Å². The van der Waals surface area contributed by atoms with Gasteiger partial charge in [-0.2, -0.15) is 0 Å². The third kappa shape index (κ3) is 2.05. The van der Waals surface area contributed by atoms with Crippen LogP contribution in [0.2, 0.25) is 0 Å². The van der Waals surface area contributed by atoms with E-state index in [1.165, 1.54) is 0 Å². The van der Waals surface area contributed by atoms with E-state index in [0.717, 1.165) is 25.0 Å². The first kappa shape index (κ1) is 12.8. The van der Waals surface area contributed by atoms with Crippen LogP contribution in [0.3, 0.4) is 0 Å². The maximum Gasteiger partial charge on any atom is 0.254 e. The van der Waals surface area contributed by atoms with Crippen LogP contribution in [-0.2, 0) is 0 Å². The standard InChI is InChI=1S/C13H16F2N2O/c1-13(2)4-3-5-17(13)12(18)8-6-9(14)11(16)10(15)7-8/h6-7H,3-5,16H2,1-2H3. The summed E-state index contributed by atoms with van der Waals surface area (Å²) in [5.74, 6) is -2.14. The average molecular weight is 254 g/mol. The number of anilines is 1. The molecule has 3 nitrogen and oxygen atoms in total. The molecule has 0 unspecified atom stereocenters. The lowest BCUT2D eigenvalue weighted by molar-refractivity contribution is 0.0651. The smallest absolute Gasteiger partial charge is 0.254 e. The van der Waals surface area contributed by atoms with Crippen LogP contribution in [0.1, 0.15) is 37.0 Å². The van der Waals surface area contributed by atoms with Gasteiger partial charge in [-0.05, 0) is 38.8 Å². The van der Waals surface area contributed by atoms with E-state index < -0.39 is 17.3 Å². The summed E-state index contributed by atoms with van der Waals surface area (Å²) in [7, 11) is 0. The molecule has 0 aliphatic carbocycles. The molecule has 1 aliphatic rings. The molecule has 1 aromatic rings. The molecule has 1 heterocycles. The van der Waals surface area contributed by atoms with E-state index in [1.54, 1.807) is 4.90 Å². The molecule has 2 N–H and O–H groups in total. The van der Waals surface area contributed by atoms with Gasteiger partial charge in [0.1, 0.15) is 17.3 Å². The Morgan fingerprint density at radius 1 is 1.33 bits per heavy atom. The molecule has 0 bridgehead atoms. The van der Waals surface area contributed by atoms with Crippen molar-refractivity contribution in [2.45, 2.75) is 32.2 Å². The Kier molecular flexibility index (Phi) is 3.00. The summed E-state index contributed by atoms with van der Waals surface area (Å²) in [4.78, 5) is 13.9. The number of amides is 1. The van der Waals surface area contributed by atoms with Crippen molar-refractivity contribution >= 4 is 11.6 Å². The molecule has 1 aromatic carbocycles. The highest BCUT2D eigenvalue weighted by Crippen LogP contribution is 2.30. The van der Waals surface area contributed by atoms with Crippen LogP contribution >= 0.6 is 0 Å². The second-order valence-electron chi connectivity index (χ2n) is 5.23. The molecular weight excluding hydrogens is 238 g/mol. The number of nitrogen functional groups attached to an aromatic ring is 1. The molecule has 2 rings (SSSR count). The average Bonchev–Trinajstić information content (AvgIpc) is 2.64. The van der Waals surface area contributed by atoms with Crippen LogP contribution in [0, 0.1) is 11.6 Å². The Labute approximate surface area is 105 Å². The van der Waals surface area contributed by atoms with Crippen molar-refractivity contribution in [2.24, 2.45) is 0 Å². The predicted molar refractivity (Wildman–Crippen MR) is 65.1 cm³/mol. The number of hydrogen-bond acceptors (Lipinski definition) is 2. The fourth-order valence-corrected chi connectivity index (χ4v) is 2.35. The zero-order valence-electron chi connectivity index (χ0n) is 10.5. The number of nitrogens with zero attached hydrogens (tertiary/aromatic N) is 1. The van der Waals surface area contributed by atoms with Crippen LogP contribution in [0.5, 0.6) is 0 Å². The molecule has 1 fully saturated rings. The minimum Gasteiger partial charge on any atom is -0.394 e. The summed E-state index contributed by atoms with van der Waals surface area (Å²) in [5.41, 5.74) is 4.37. The molecular formula is C13H16F2N2O. The van der Waals surface area contributed by atoms with Gasteiger partial charge in [-0.25, -0.2) is 8.78 Å². The van der Waals surface area contributed by atoms with Gasteiger partial charge in [0.05, 0.1) is 0 Å². The molecule has 0 aromatic heterocycles. The highest BCUT2D eigenvalue weighted by atomic mass is 19.1. The molecule has 0 spiro atoms. The van der Waals surface area contributed by atoms with Gasteiger partial charge in [0.25, 0.3) is 5.91 Å². The largest absolute Gasteiger partial charge is 0.394 e. The molecule has 0 atom stereocenters. The first-order valence-corrected chi connectivity index (χ1v) is 5.89. The molecule has 18 heavy (non-hydrogen) atoms. The van der Waals surface area contributed by atoms with E-state index in [4.69, 9.17) is 5.73 Å². The number of rotatable bonds is 1. The Morgan fingerprint density at radius 2 is 1.89 bits per heavy atom. The first-order valence-electron chi connectivity index (χ1n) is 5.89. The normalized spacial score (nSPS) is 18.1. The zero-order chi connectivity index (χ0) is 13.5. The molecule has 1 amide bonds. The van der Waals surface area contributed by atoms with Crippen molar-refractivity contribution in [3.63, 3.8) is 0 Å². The van der Waals surface area contributed by atoms with Crippen LogP contribution in [0.4, 0.5) is 14.5 Å². The summed E-state index contributed by atoms with van der Waals surface area (Å²) in [6.07, 6.45) is 1.79. The van der Waals surface area contributed by atoms with Crippen molar-refractivity contribution < 1.29 is 13.6 Å². The first-order chi connectivity index (χ1) is 8.33. The lowest BCUT2D eigenvalue weighted by Gasteiger charge is -2.31. The highest BCUT2D eigenvalue weighted by molar-refractivity contribution is 5.95. The lowest BCUT2D eigenvalue weighted by Crippen LogP contribution is -2.42.